The third-order valence-corrected chi connectivity index (χ3v) is 1.86. The molecule has 0 bridgehead atoms. The second-order valence-electron chi connectivity index (χ2n) is 2.74. The van der Waals surface area contributed by atoms with Gasteiger partial charge in [-0.25, -0.2) is 4.99 Å². The van der Waals surface area contributed by atoms with Crippen LogP contribution in [-0.4, -0.2) is 16.6 Å². The first kappa shape index (κ1) is 7.67. The Kier molecular flexibility index (Phi) is 1.48. The van der Waals surface area contributed by atoms with E-state index < -0.39 is 0 Å². The molecule has 4 heteroatoms. The number of nitrogens with zero attached hydrogens (tertiary/aromatic N) is 1. The molecule has 3 N–H and O–H groups in total. The summed E-state index contributed by atoms with van der Waals surface area (Å²) in [7, 11) is 0. The normalized spacial score (nSPS) is 13.7. The van der Waals surface area contributed by atoms with Crippen molar-refractivity contribution in [3.05, 3.63) is 24.3 Å². The van der Waals surface area contributed by atoms with Gasteiger partial charge < -0.3 is 15.5 Å². The lowest BCUT2D eigenvalue weighted by Crippen LogP contribution is -2.11. The first-order valence-corrected chi connectivity index (χ1v) is 3.73. The summed E-state index contributed by atoms with van der Waals surface area (Å²) < 4.78 is 0. The molecule has 0 fully saturated rings. The van der Waals surface area contributed by atoms with Crippen LogP contribution in [-0.2, 0) is 0 Å². The van der Waals surface area contributed by atoms with Crippen molar-refractivity contribution in [2.24, 2.45) is 4.99 Å². The minimum Gasteiger partial charge on any atom is -0.504 e. The van der Waals surface area contributed by atoms with Gasteiger partial charge in [0.15, 0.2) is 11.5 Å². The fourth-order valence-corrected chi connectivity index (χ4v) is 1.17. The van der Waals surface area contributed by atoms with E-state index in [1.165, 1.54) is 18.5 Å². The molecule has 0 aromatic heterocycles. The van der Waals surface area contributed by atoms with E-state index >= 15 is 0 Å². The van der Waals surface area contributed by atoms with Gasteiger partial charge in [0.25, 0.3) is 0 Å². The van der Waals surface area contributed by atoms with Gasteiger partial charge in [0.05, 0.1) is 12.0 Å². The van der Waals surface area contributed by atoms with E-state index in [0.717, 1.165) is 0 Å². The smallest absolute Gasteiger partial charge is 0.159 e. The third kappa shape index (κ3) is 1.12. The van der Waals surface area contributed by atoms with E-state index in [2.05, 4.69) is 16.9 Å². The molecular weight excluding hydrogens is 168 g/mol. The van der Waals surface area contributed by atoms with Crippen LogP contribution < -0.4 is 5.32 Å². The molecule has 0 radical (unpaired) electrons. The first-order chi connectivity index (χ1) is 6.18. The highest BCUT2D eigenvalue weighted by atomic mass is 16.3. The number of fused-ring (bicyclic) bond motifs is 1. The number of hydrogen-bond donors (Lipinski definition) is 3. The van der Waals surface area contributed by atoms with Crippen molar-refractivity contribution in [2.75, 3.05) is 0 Å². The highest BCUT2D eigenvalue weighted by Crippen LogP contribution is 2.36. The Morgan fingerprint density at radius 1 is 1.23 bits per heavy atom. The molecule has 0 spiro atoms. The predicted molar refractivity (Wildman–Crippen MR) is 50.1 cm³/mol. The Hall–Kier alpha value is -1.97. The van der Waals surface area contributed by atoms with E-state index in [1.807, 2.05) is 0 Å². The molecule has 0 atom stereocenters. The standard InChI is InChI=1S/C9H8N2O2/c1-5-6-2-8(12)9(13)3-7(6)11-4-10-5/h2-4,12-13H,1H2,(H,10,11). The zero-order chi connectivity index (χ0) is 9.42. The highest BCUT2D eigenvalue weighted by Gasteiger charge is 2.12. The van der Waals surface area contributed by atoms with E-state index in [1.54, 1.807) is 0 Å². The Balaban J connectivity index is 2.67. The van der Waals surface area contributed by atoms with Gasteiger partial charge in [-0.2, -0.15) is 0 Å². The maximum absolute atomic E-state index is 9.22. The van der Waals surface area contributed by atoms with Gasteiger partial charge in [0.2, 0.25) is 0 Å². The zero-order valence-corrected chi connectivity index (χ0v) is 6.78. The van der Waals surface area contributed by atoms with Crippen molar-refractivity contribution in [3.8, 4) is 11.5 Å². The monoisotopic (exact) mass is 176 g/mol. The molecule has 1 heterocycles. The Labute approximate surface area is 74.9 Å². The van der Waals surface area contributed by atoms with E-state index in [-0.39, 0.29) is 11.5 Å². The molecule has 2 rings (SSSR count). The van der Waals surface area contributed by atoms with E-state index in [0.29, 0.717) is 16.9 Å². The molecule has 1 aliphatic rings. The van der Waals surface area contributed by atoms with Gasteiger partial charge in [0.1, 0.15) is 0 Å². The summed E-state index contributed by atoms with van der Waals surface area (Å²) in [5.74, 6) is -0.343. The number of nitrogens with one attached hydrogen (secondary N) is 1. The topological polar surface area (TPSA) is 64.9 Å². The van der Waals surface area contributed by atoms with Gasteiger partial charge in [-0.15, -0.1) is 0 Å². The molecule has 4 nitrogen and oxygen atoms in total. The second-order valence-corrected chi connectivity index (χ2v) is 2.74. The molecule has 66 valence electrons. The molecule has 13 heavy (non-hydrogen) atoms. The molecule has 1 aliphatic heterocycles. The number of phenols is 2. The lowest BCUT2D eigenvalue weighted by molar-refractivity contribution is 0.404. The van der Waals surface area contributed by atoms with Crippen LogP contribution in [0, 0.1) is 0 Å². The largest absolute Gasteiger partial charge is 0.504 e. The van der Waals surface area contributed by atoms with Crippen LogP contribution >= 0.6 is 0 Å². The fourth-order valence-electron chi connectivity index (χ4n) is 1.17. The molecule has 1 aromatic carbocycles. The van der Waals surface area contributed by atoms with E-state index in [9.17, 15) is 10.2 Å². The van der Waals surface area contributed by atoms with Crippen LogP contribution in [0.4, 0.5) is 5.69 Å². The summed E-state index contributed by atoms with van der Waals surface area (Å²) >= 11 is 0. The molecule has 1 aromatic rings. The molecule has 0 amide bonds. The van der Waals surface area contributed by atoms with Crippen LogP contribution in [0.3, 0.4) is 0 Å². The number of phenolic OH excluding ortho intramolecular Hbond substituents is 2. The highest BCUT2D eigenvalue weighted by molar-refractivity contribution is 5.87. The Morgan fingerprint density at radius 3 is 2.69 bits per heavy atom. The van der Waals surface area contributed by atoms with Gasteiger partial charge in [-0.1, -0.05) is 6.58 Å². The number of aliphatic imine (C=N–C) groups is 1. The van der Waals surface area contributed by atoms with Crippen molar-refractivity contribution in [1.82, 2.24) is 5.32 Å². The van der Waals surface area contributed by atoms with Gasteiger partial charge in [-0.05, 0) is 6.07 Å². The summed E-state index contributed by atoms with van der Waals surface area (Å²) in [6.45, 7) is 3.73. The molecule has 0 saturated heterocycles. The number of benzene rings is 1. The van der Waals surface area contributed by atoms with Crippen LogP contribution in [0.5, 0.6) is 11.5 Å². The lowest BCUT2D eigenvalue weighted by Gasteiger charge is -2.14. The minimum absolute atomic E-state index is 0.168. The van der Waals surface area contributed by atoms with Gasteiger partial charge in [0, 0.05) is 17.3 Å². The van der Waals surface area contributed by atoms with Crippen LogP contribution in [0.1, 0.15) is 5.56 Å². The van der Waals surface area contributed by atoms with Crippen molar-refractivity contribution in [1.29, 1.82) is 0 Å². The van der Waals surface area contributed by atoms with Gasteiger partial charge in [-0.3, -0.25) is 0 Å². The maximum Gasteiger partial charge on any atom is 0.159 e. The summed E-state index contributed by atoms with van der Waals surface area (Å²) in [4.78, 5) is 3.98. The van der Waals surface area contributed by atoms with Crippen molar-refractivity contribution in [3.63, 3.8) is 0 Å². The van der Waals surface area contributed by atoms with Crippen molar-refractivity contribution >= 4 is 17.7 Å². The first-order valence-electron chi connectivity index (χ1n) is 3.73. The van der Waals surface area contributed by atoms with E-state index in [4.69, 9.17) is 0 Å². The van der Waals surface area contributed by atoms with Crippen molar-refractivity contribution < 1.29 is 10.2 Å². The summed E-state index contributed by atoms with van der Waals surface area (Å²) in [5.41, 5.74) is 1.94. The fraction of sp³-hybridized carbons (Fsp3) is 0. The quantitative estimate of drug-likeness (QED) is 0.522. The van der Waals surface area contributed by atoms with Crippen LogP contribution in [0.25, 0.3) is 5.70 Å². The molecule has 0 aliphatic carbocycles. The van der Waals surface area contributed by atoms with Crippen molar-refractivity contribution in [2.45, 2.75) is 0 Å². The third-order valence-electron chi connectivity index (χ3n) is 1.86. The second kappa shape index (κ2) is 2.52. The number of hydrogen-bond acceptors (Lipinski definition) is 4. The Morgan fingerprint density at radius 2 is 1.92 bits per heavy atom. The number of rotatable bonds is 0. The average Bonchev–Trinajstić information content (AvgIpc) is 2.09. The van der Waals surface area contributed by atoms with Crippen LogP contribution in [0.15, 0.2) is 23.7 Å². The minimum atomic E-state index is -0.175. The molecular formula is C9H8N2O2. The molecule has 0 unspecified atom stereocenters. The maximum atomic E-state index is 9.22. The Bertz CT molecular complexity index is 410. The summed E-state index contributed by atoms with van der Waals surface area (Å²) in [6.07, 6.45) is 1.49. The van der Waals surface area contributed by atoms with Crippen LogP contribution in [0.2, 0.25) is 0 Å². The zero-order valence-electron chi connectivity index (χ0n) is 6.78. The summed E-state index contributed by atoms with van der Waals surface area (Å²) in [6, 6.07) is 2.82. The SMILES string of the molecule is C=C1NC=Nc2cc(O)c(O)cc21. The lowest BCUT2D eigenvalue weighted by atomic mass is 10.1. The average molecular weight is 176 g/mol. The van der Waals surface area contributed by atoms with Gasteiger partial charge >= 0.3 is 0 Å². The summed E-state index contributed by atoms with van der Waals surface area (Å²) in [5, 5.41) is 21.2. The predicted octanol–water partition coefficient (Wildman–Crippen LogP) is 1.33. The molecule has 0 saturated carbocycles. The number of aromatic hydroxyl groups is 2.